The molecule has 0 spiro atoms. The third-order valence-electron chi connectivity index (χ3n) is 3.55. The quantitative estimate of drug-likeness (QED) is 0.649. The van der Waals surface area contributed by atoms with Crippen molar-refractivity contribution in [3.05, 3.63) is 15.8 Å². The SMILES string of the molecule is Cc1nn(C2CCCC2S(C)(=O)=O)c(N)c1[N+](=O)[O-]. The zero-order chi connectivity index (χ0) is 14.4. The van der Waals surface area contributed by atoms with E-state index >= 15 is 0 Å². The Bertz CT molecular complexity index is 622. The Morgan fingerprint density at radius 2 is 2.11 bits per heavy atom. The van der Waals surface area contributed by atoms with Crippen molar-refractivity contribution in [1.29, 1.82) is 0 Å². The summed E-state index contributed by atoms with van der Waals surface area (Å²) in [5, 5.41) is 14.4. The van der Waals surface area contributed by atoms with Crippen molar-refractivity contribution in [1.82, 2.24) is 9.78 Å². The normalized spacial score (nSPS) is 23.7. The van der Waals surface area contributed by atoms with Gasteiger partial charge in [0.1, 0.15) is 5.69 Å². The molecule has 0 saturated heterocycles. The highest BCUT2D eigenvalue weighted by atomic mass is 32.2. The molecule has 2 unspecified atom stereocenters. The van der Waals surface area contributed by atoms with Gasteiger partial charge in [0.2, 0.25) is 5.82 Å². The van der Waals surface area contributed by atoms with E-state index in [4.69, 9.17) is 5.73 Å². The zero-order valence-corrected chi connectivity index (χ0v) is 11.6. The lowest BCUT2D eigenvalue weighted by atomic mass is 10.2. The number of hydrogen-bond acceptors (Lipinski definition) is 6. The van der Waals surface area contributed by atoms with Crippen LogP contribution in [0.3, 0.4) is 0 Å². The number of aromatic nitrogens is 2. The number of nitrogen functional groups attached to an aromatic ring is 1. The van der Waals surface area contributed by atoms with Gasteiger partial charge in [0, 0.05) is 6.26 Å². The van der Waals surface area contributed by atoms with Crippen LogP contribution in [-0.2, 0) is 9.84 Å². The van der Waals surface area contributed by atoms with Crippen LogP contribution >= 0.6 is 0 Å². The van der Waals surface area contributed by atoms with Gasteiger partial charge < -0.3 is 5.73 Å². The first-order valence-electron chi connectivity index (χ1n) is 5.91. The molecule has 1 aromatic rings. The molecule has 1 aromatic heterocycles. The minimum atomic E-state index is -3.23. The number of nitrogens with zero attached hydrogens (tertiary/aromatic N) is 3. The largest absolute Gasteiger partial charge is 0.378 e. The second kappa shape index (κ2) is 4.48. The lowest BCUT2D eigenvalue weighted by Gasteiger charge is -2.19. The average Bonchev–Trinajstić information content (AvgIpc) is 2.81. The summed E-state index contributed by atoms with van der Waals surface area (Å²) in [6, 6.07) is -0.414. The number of hydrogen-bond donors (Lipinski definition) is 1. The summed E-state index contributed by atoms with van der Waals surface area (Å²) in [7, 11) is -3.23. The molecule has 19 heavy (non-hydrogen) atoms. The second-order valence-electron chi connectivity index (χ2n) is 4.89. The monoisotopic (exact) mass is 288 g/mol. The van der Waals surface area contributed by atoms with E-state index in [9.17, 15) is 18.5 Å². The summed E-state index contributed by atoms with van der Waals surface area (Å²) in [4.78, 5) is 10.3. The molecule has 0 radical (unpaired) electrons. The van der Waals surface area contributed by atoms with Gasteiger partial charge in [-0.25, -0.2) is 13.1 Å². The molecular formula is C10H16N4O4S. The Balaban J connectivity index is 2.48. The van der Waals surface area contributed by atoms with Crippen LogP contribution in [0.1, 0.15) is 31.0 Å². The van der Waals surface area contributed by atoms with Crippen LogP contribution in [0.2, 0.25) is 0 Å². The van der Waals surface area contributed by atoms with Gasteiger partial charge in [0.05, 0.1) is 16.2 Å². The van der Waals surface area contributed by atoms with Crippen molar-refractivity contribution in [2.45, 2.75) is 37.5 Å². The molecule has 2 atom stereocenters. The van der Waals surface area contributed by atoms with Gasteiger partial charge in [0.15, 0.2) is 9.84 Å². The highest BCUT2D eigenvalue weighted by Crippen LogP contribution is 2.38. The molecule has 1 aliphatic rings. The lowest BCUT2D eigenvalue weighted by molar-refractivity contribution is -0.384. The van der Waals surface area contributed by atoms with Gasteiger partial charge in [0.25, 0.3) is 0 Å². The van der Waals surface area contributed by atoms with E-state index in [-0.39, 0.29) is 17.2 Å². The lowest BCUT2D eigenvalue weighted by Crippen LogP contribution is -2.28. The summed E-state index contributed by atoms with van der Waals surface area (Å²) < 4.78 is 24.8. The standard InChI is InChI=1S/C10H16N4O4S/c1-6-9(14(15)16)10(11)13(12-6)7-4-3-5-8(7)19(2,17)18/h7-8H,3-5,11H2,1-2H3. The van der Waals surface area contributed by atoms with E-state index < -0.39 is 26.1 Å². The highest BCUT2D eigenvalue weighted by Gasteiger charge is 2.39. The van der Waals surface area contributed by atoms with Crippen molar-refractivity contribution in [3.63, 3.8) is 0 Å². The van der Waals surface area contributed by atoms with E-state index in [0.29, 0.717) is 12.8 Å². The van der Waals surface area contributed by atoms with E-state index in [1.54, 1.807) is 0 Å². The van der Waals surface area contributed by atoms with Crippen LogP contribution in [-0.4, -0.2) is 34.6 Å². The smallest absolute Gasteiger partial charge is 0.333 e. The maximum Gasteiger partial charge on any atom is 0.333 e. The Hall–Kier alpha value is -1.64. The molecule has 0 aliphatic heterocycles. The first kappa shape index (κ1) is 13.8. The third-order valence-corrected chi connectivity index (χ3v) is 5.20. The van der Waals surface area contributed by atoms with E-state index in [0.717, 1.165) is 6.42 Å². The summed E-state index contributed by atoms with van der Waals surface area (Å²) in [6.45, 7) is 1.50. The Labute approximate surface area is 110 Å². The first-order valence-corrected chi connectivity index (χ1v) is 7.86. The van der Waals surface area contributed by atoms with E-state index in [2.05, 4.69) is 5.10 Å². The van der Waals surface area contributed by atoms with Gasteiger partial charge in [-0.05, 0) is 26.2 Å². The number of nitro groups is 1. The fourth-order valence-corrected chi connectivity index (χ4v) is 4.14. The zero-order valence-electron chi connectivity index (χ0n) is 10.7. The van der Waals surface area contributed by atoms with Gasteiger partial charge in [-0.1, -0.05) is 0 Å². The molecule has 2 N–H and O–H groups in total. The molecule has 0 aromatic carbocycles. The van der Waals surface area contributed by atoms with Crippen LogP contribution in [0.4, 0.5) is 11.5 Å². The van der Waals surface area contributed by atoms with Gasteiger partial charge in [-0.3, -0.25) is 10.1 Å². The van der Waals surface area contributed by atoms with Crippen molar-refractivity contribution < 1.29 is 13.3 Å². The maximum atomic E-state index is 11.7. The first-order chi connectivity index (χ1) is 8.73. The molecule has 106 valence electrons. The molecule has 2 rings (SSSR count). The number of nitrogens with two attached hydrogens (primary N) is 1. The Kier molecular flexibility index (Phi) is 3.25. The van der Waals surface area contributed by atoms with Crippen LogP contribution in [0, 0.1) is 17.0 Å². The number of sulfone groups is 1. The van der Waals surface area contributed by atoms with E-state index in [1.165, 1.54) is 17.9 Å². The molecule has 1 aliphatic carbocycles. The second-order valence-corrected chi connectivity index (χ2v) is 7.15. The average molecular weight is 288 g/mol. The predicted molar refractivity (Wildman–Crippen MR) is 69.6 cm³/mol. The van der Waals surface area contributed by atoms with Crippen molar-refractivity contribution in [3.8, 4) is 0 Å². The predicted octanol–water partition coefficient (Wildman–Crippen LogP) is 0.820. The van der Waals surface area contributed by atoms with Crippen molar-refractivity contribution in [2.75, 3.05) is 12.0 Å². The van der Waals surface area contributed by atoms with Crippen LogP contribution in [0.25, 0.3) is 0 Å². The minimum absolute atomic E-state index is 0.0666. The third kappa shape index (κ3) is 2.29. The summed E-state index contributed by atoms with van der Waals surface area (Å²) >= 11 is 0. The summed E-state index contributed by atoms with van der Waals surface area (Å²) in [6.07, 6.45) is 3.07. The molecule has 1 saturated carbocycles. The Morgan fingerprint density at radius 3 is 2.58 bits per heavy atom. The highest BCUT2D eigenvalue weighted by molar-refractivity contribution is 7.91. The minimum Gasteiger partial charge on any atom is -0.378 e. The molecule has 1 fully saturated rings. The fourth-order valence-electron chi connectivity index (χ4n) is 2.72. The van der Waals surface area contributed by atoms with Crippen LogP contribution in [0.15, 0.2) is 0 Å². The Morgan fingerprint density at radius 1 is 1.47 bits per heavy atom. The number of aryl methyl sites for hydroxylation is 1. The molecule has 1 heterocycles. The van der Waals surface area contributed by atoms with Gasteiger partial charge in [-0.15, -0.1) is 0 Å². The van der Waals surface area contributed by atoms with Gasteiger partial charge >= 0.3 is 5.69 Å². The molecule has 0 bridgehead atoms. The number of rotatable bonds is 3. The fraction of sp³-hybridized carbons (Fsp3) is 0.700. The maximum absolute atomic E-state index is 11.7. The van der Waals surface area contributed by atoms with Crippen LogP contribution in [0.5, 0.6) is 0 Å². The topological polar surface area (TPSA) is 121 Å². The van der Waals surface area contributed by atoms with Crippen molar-refractivity contribution in [2.24, 2.45) is 0 Å². The van der Waals surface area contributed by atoms with Gasteiger partial charge in [-0.2, -0.15) is 5.10 Å². The molecule has 8 nitrogen and oxygen atoms in total. The number of anilines is 1. The van der Waals surface area contributed by atoms with Crippen LogP contribution < -0.4 is 5.73 Å². The molecule has 9 heteroatoms. The summed E-state index contributed by atoms with van der Waals surface area (Å²) in [5.74, 6) is -0.0666. The molecule has 0 amide bonds. The van der Waals surface area contributed by atoms with Crippen molar-refractivity contribution >= 4 is 21.3 Å². The van der Waals surface area contributed by atoms with E-state index in [1.807, 2.05) is 0 Å². The molecular weight excluding hydrogens is 272 g/mol. The summed E-state index contributed by atoms with van der Waals surface area (Å²) in [5.41, 5.74) is 5.73.